The number of benzene rings is 2. The first-order valence-electron chi connectivity index (χ1n) is 8.29. The predicted molar refractivity (Wildman–Crippen MR) is 98.1 cm³/mol. The highest BCUT2D eigenvalue weighted by Gasteiger charge is 2.28. The highest BCUT2D eigenvalue weighted by molar-refractivity contribution is 5.86. The number of hydrogen-bond donors (Lipinski definition) is 2. The largest absolute Gasteiger partial charge is 0.354 e. The van der Waals surface area contributed by atoms with Crippen LogP contribution in [0.1, 0.15) is 0 Å². The third-order valence-corrected chi connectivity index (χ3v) is 4.52. The number of likely N-dealkylation sites (tertiary alicyclic amines) is 1. The summed E-state index contributed by atoms with van der Waals surface area (Å²) in [5.74, 6) is 0.989. The van der Waals surface area contributed by atoms with Gasteiger partial charge in [-0.05, 0) is 22.9 Å². The van der Waals surface area contributed by atoms with Crippen molar-refractivity contribution in [2.45, 2.75) is 0 Å². The third kappa shape index (κ3) is 3.24. The fraction of sp³-hybridized carbons (Fsp3) is 0.211. The van der Waals surface area contributed by atoms with Crippen LogP contribution in [0.3, 0.4) is 0 Å². The second-order valence-electron chi connectivity index (χ2n) is 6.32. The van der Waals surface area contributed by atoms with Crippen LogP contribution in [0.4, 0.5) is 10.7 Å². The number of nitrogens with one attached hydrogen (secondary N) is 1. The van der Waals surface area contributed by atoms with Crippen molar-refractivity contribution in [3.05, 3.63) is 54.7 Å². The normalized spacial score (nSPS) is 14.3. The van der Waals surface area contributed by atoms with E-state index in [4.69, 9.17) is 5.73 Å². The summed E-state index contributed by atoms with van der Waals surface area (Å²) in [4.78, 5) is 21.5. The maximum absolute atomic E-state index is 11.0. The number of urea groups is 1. The number of aromatic nitrogens is 2. The van der Waals surface area contributed by atoms with E-state index < -0.39 is 0 Å². The van der Waals surface area contributed by atoms with Crippen LogP contribution in [0.5, 0.6) is 0 Å². The van der Waals surface area contributed by atoms with Gasteiger partial charge in [0.2, 0.25) is 5.95 Å². The SMILES string of the molecule is NC(=O)N1CC(CNc2nccc(-c3ccc4ccccc4c3)n2)C1. The van der Waals surface area contributed by atoms with E-state index in [0.717, 1.165) is 17.8 Å². The molecular formula is C19H19N5O. The minimum atomic E-state index is -0.356. The van der Waals surface area contributed by atoms with Crippen LogP contribution in [0.25, 0.3) is 22.0 Å². The second kappa shape index (κ2) is 6.39. The van der Waals surface area contributed by atoms with E-state index >= 15 is 0 Å². The van der Waals surface area contributed by atoms with Gasteiger partial charge in [0.15, 0.2) is 0 Å². The van der Waals surface area contributed by atoms with Gasteiger partial charge in [0, 0.05) is 37.3 Å². The molecule has 0 bridgehead atoms. The molecule has 2 heterocycles. The molecule has 6 heteroatoms. The van der Waals surface area contributed by atoms with Crippen LogP contribution in [0.2, 0.25) is 0 Å². The average Bonchev–Trinajstić information content (AvgIpc) is 2.60. The van der Waals surface area contributed by atoms with Crippen LogP contribution < -0.4 is 11.1 Å². The maximum Gasteiger partial charge on any atom is 0.314 e. The molecule has 3 aromatic rings. The van der Waals surface area contributed by atoms with Crippen molar-refractivity contribution in [1.29, 1.82) is 0 Å². The molecule has 25 heavy (non-hydrogen) atoms. The van der Waals surface area contributed by atoms with Gasteiger partial charge in [-0.25, -0.2) is 14.8 Å². The lowest BCUT2D eigenvalue weighted by atomic mass is 10.0. The van der Waals surface area contributed by atoms with Crippen molar-refractivity contribution in [3.63, 3.8) is 0 Å². The highest BCUT2D eigenvalue weighted by Crippen LogP contribution is 2.23. The molecule has 1 aromatic heterocycles. The molecule has 126 valence electrons. The van der Waals surface area contributed by atoms with E-state index in [9.17, 15) is 4.79 Å². The quantitative estimate of drug-likeness (QED) is 0.769. The number of carbonyl (C=O) groups is 1. The fourth-order valence-corrected chi connectivity index (χ4v) is 3.07. The summed E-state index contributed by atoms with van der Waals surface area (Å²) in [7, 11) is 0. The van der Waals surface area contributed by atoms with Gasteiger partial charge in [-0.15, -0.1) is 0 Å². The van der Waals surface area contributed by atoms with Gasteiger partial charge in [-0.2, -0.15) is 0 Å². The molecule has 1 aliphatic heterocycles. The molecule has 1 fully saturated rings. The number of carbonyl (C=O) groups excluding carboxylic acids is 1. The summed E-state index contributed by atoms with van der Waals surface area (Å²) in [6.45, 7) is 2.10. The first kappa shape index (κ1) is 15.4. The molecule has 2 amide bonds. The van der Waals surface area contributed by atoms with Crippen LogP contribution in [-0.2, 0) is 0 Å². The standard InChI is InChI=1S/C19H19N5O/c20-18(25)24-11-13(12-24)10-22-19-21-8-7-17(23-19)16-6-5-14-3-1-2-4-15(14)9-16/h1-9,13H,10-12H2,(H2,20,25)(H,21,22,23). The van der Waals surface area contributed by atoms with Gasteiger partial charge in [0.05, 0.1) is 5.69 Å². The lowest BCUT2D eigenvalue weighted by molar-refractivity contribution is 0.134. The Balaban J connectivity index is 1.46. The lowest BCUT2D eigenvalue weighted by Crippen LogP contribution is -2.54. The Kier molecular flexibility index (Phi) is 3.93. The summed E-state index contributed by atoms with van der Waals surface area (Å²) in [6, 6.07) is 16.1. The lowest BCUT2D eigenvalue weighted by Gasteiger charge is -2.37. The number of nitrogens with zero attached hydrogens (tertiary/aromatic N) is 3. The van der Waals surface area contributed by atoms with E-state index in [-0.39, 0.29) is 6.03 Å². The molecule has 6 nitrogen and oxygen atoms in total. The Morgan fingerprint density at radius 2 is 1.96 bits per heavy atom. The zero-order valence-electron chi connectivity index (χ0n) is 13.7. The summed E-state index contributed by atoms with van der Waals surface area (Å²) in [5, 5.41) is 5.65. The van der Waals surface area contributed by atoms with Crippen molar-refractivity contribution in [2.24, 2.45) is 11.7 Å². The second-order valence-corrected chi connectivity index (χ2v) is 6.32. The molecular weight excluding hydrogens is 314 g/mol. The molecule has 4 rings (SSSR count). The van der Waals surface area contributed by atoms with Gasteiger partial charge in [-0.3, -0.25) is 0 Å². The smallest absolute Gasteiger partial charge is 0.314 e. The van der Waals surface area contributed by atoms with Crippen molar-refractivity contribution in [3.8, 4) is 11.3 Å². The molecule has 0 aliphatic carbocycles. The number of amides is 2. The van der Waals surface area contributed by atoms with Gasteiger partial charge < -0.3 is 16.0 Å². The fourth-order valence-electron chi connectivity index (χ4n) is 3.07. The van der Waals surface area contributed by atoms with E-state index in [0.29, 0.717) is 25.0 Å². The molecule has 0 saturated carbocycles. The van der Waals surface area contributed by atoms with Crippen LogP contribution in [0.15, 0.2) is 54.7 Å². The minimum Gasteiger partial charge on any atom is -0.354 e. The maximum atomic E-state index is 11.0. The van der Waals surface area contributed by atoms with Crippen molar-refractivity contribution in [2.75, 3.05) is 25.0 Å². The van der Waals surface area contributed by atoms with E-state index in [1.165, 1.54) is 10.8 Å². The summed E-state index contributed by atoms with van der Waals surface area (Å²) in [6.07, 6.45) is 1.76. The summed E-state index contributed by atoms with van der Waals surface area (Å²) >= 11 is 0. The van der Waals surface area contributed by atoms with Gasteiger partial charge in [0.25, 0.3) is 0 Å². The van der Waals surface area contributed by atoms with Gasteiger partial charge in [-0.1, -0.05) is 36.4 Å². The molecule has 1 aliphatic rings. The Bertz CT molecular complexity index is 920. The van der Waals surface area contributed by atoms with Gasteiger partial charge in [0.1, 0.15) is 0 Å². The zero-order valence-corrected chi connectivity index (χ0v) is 13.7. The number of primary amides is 1. The first-order chi connectivity index (χ1) is 12.2. The van der Waals surface area contributed by atoms with Crippen molar-refractivity contribution in [1.82, 2.24) is 14.9 Å². The minimum absolute atomic E-state index is 0.356. The van der Waals surface area contributed by atoms with Crippen LogP contribution >= 0.6 is 0 Å². The average molecular weight is 333 g/mol. The molecule has 3 N–H and O–H groups in total. The molecule has 0 atom stereocenters. The van der Waals surface area contributed by atoms with E-state index in [1.54, 1.807) is 11.1 Å². The first-order valence-corrected chi connectivity index (χ1v) is 8.29. The molecule has 2 aromatic carbocycles. The molecule has 0 unspecified atom stereocenters. The Morgan fingerprint density at radius 1 is 1.16 bits per heavy atom. The summed E-state index contributed by atoms with van der Waals surface area (Å²) in [5.41, 5.74) is 7.18. The number of nitrogens with two attached hydrogens (primary N) is 1. The molecule has 0 spiro atoms. The Labute approximate surface area is 145 Å². The number of rotatable bonds is 4. The number of anilines is 1. The van der Waals surface area contributed by atoms with Crippen LogP contribution in [0, 0.1) is 5.92 Å². The molecule has 0 radical (unpaired) electrons. The zero-order chi connectivity index (χ0) is 17.2. The number of fused-ring (bicyclic) bond motifs is 1. The summed E-state index contributed by atoms with van der Waals surface area (Å²) < 4.78 is 0. The predicted octanol–water partition coefficient (Wildman–Crippen LogP) is 2.72. The van der Waals surface area contributed by atoms with E-state index in [2.05, 4.69) is 45.6 Å². The monoisotopic (exact) mass is 333 g/mol. The number of hydrogen-bond acceptors (Lipinski definition) is 4. The highest BCUT2D eigenvalue weighted by atomic mass is 16.2. The third-order valence-electron chi connectivity index (χ3n) is 4.52. The van der Waals surface area contributed by atoms with Gasteiger partial charge >= 0.3 is 6.03 Å². The Hall–Kier alpha value is -3.15. The van der Waals surface area contributed by atoms with Crippen molar-refractivity contribution < 1.29 is 4.79 Å². The van der Waals surface area contributed by atoms with Crippen LogP contribution in [-0.4, -0.2) is 40.5 Å². The van der Waals surface area contributed by atoms with E-state index in [1.807, 2.05) is 18.2 Å². The molecule has 1 saturated heterocycles. The Morgan fingerprint density at radius 3 is 2.76 bits per heavy atom. The topological polar surface area (TPSA) is 84.1 Å². The van der Waals surface area contributed by atoms with Crippen molar-refractivity contribution >= 4 is 22.8 Å².